The van der Waals surface area contributed by atoms with Crippen LogP contribution in [0.1, 0.15) is 60.1 Å². The number of nitrogens with one attached hydrogen (secondary N) is 4. The van der Waals surface area contributed by atoms with Gasteiger partial charge in [-0.05, 0) is 94.8 Å². The number of piperidine rings is 1. The van der Waals surface area contributed by atoms with Crippen LogP contribution in [0.5, 0.6) is 5.75 Å². The van der Waals surface area contributed by atoms with E-state index in [1.165, 1.54) is 12.8 Å². The Bertz CT molecular complexity index is 1210. The minimum absolute atomic E-state index is 0.0898. The molecule has 9 nitrogen and oxygen atoms in total. The number of likely N-dealkylation sites (tertiary alicyclic amines) is 1. The first kappa shape index (κ1) is 25.2. The molecule has 0 bridgehead atoms. The Morgan fingerprint density at radius 2 is 1.97 bits per heavy atom. The minimum Gasteiger partial charge on any atom is -0.495 e. The molecule has 2 fully saturated rings. The third kappa shape index (κ3) is 5.77. The van der Waals surface area contributed by atoms with Crippen LogP contribution in [0.25, 0.3) is 5.57 Å². The Labute approximate surface area is 218 Å². The van der Waals surface area contributed by atoms with Gasteiger partial charge in [0.2, 0.25) is 5.95 Å². The number of ether oxygens (including phenoxy) is 1. The Kier molecular flexibility index (Phi) is 7.41. The molecule has 1 saturated heterocycles. The fourth-order valence-corrected chi connectivity index (χ4v) is 5.14. The van der Waals surface area contributed by atoms with Crippen molar-refractivity contribution in [1.82, 2.24) is 25.5 Å². The van der Waals surface area contributed by atoms with Crippen molar-refractivity contribution < 1.29 is 9.53 Å². The summed E-state index contributed by atoms with van der Waals surface area (Å²) in [7, 11) is 5.63. The summed E-state index contributed by atoms with van der Waals surface area (Å²) in [5.41, 5.74) is 5.76. The summed E-state index contributed by atoms with van der Waals surface area (Å²) in [6.07, 6.45) is 8.69. The smallest absolute Gasteiger partial charge is 0.251 e. The lowest BCUT2D eigenvalue weighted by Crippen LogP contribution is -2.43. The highest BCUT2D eigenvalue weighted by Crippen LogP contribution is 2.38. The molecule has 1 aliphatic heterocycles. The second-order valence-corrected chi connectivity index (χ2v) is 10.4. The fraction of sp³-hybridized carbons (Fsp3) is 0.500. The quantitative estimate of drug-likeness (QED) is 0.434. The number of amides is 1. The van der Waals surface area contributed by atoms with Crippen molar-refractivity contribution in [2.24, 2.45) is 5.92 Å². The van der Waals surface area contributed by atoms with E-state index >= 15 is 0 Å². The van der Waals surface area contributed by atoms with Crippen LogP contribution >= 0.6 is 0 Å². The number of aromatic nitrogens is 2. The van der Waals surface area contributed by atoms with Crippen molar-refractivity contribution in [1.29, 1.82) is 5.41 Å². The van der Waals surface area contributed by atoms with Gasteiger partial charge in [-0.25, -0.2) is 9.97 Å². The van der Waals surface area contributed by atoms with Crippen LogP contribution in [-0.2, 0) is 6.42 Å². The number of carbonyl (C=O) groups is 1. The van der Waals surface area contributed by atoms with E-state index in [9.17, 15) is 4.79 Å². The van der Waals surface area contributed by atoms with Crippen molar-refractivity contribution in [3.05, 3.63) is 46.9 Å². The van der Waals surface area contributed by atoms with E-state index in [1.54, 1.807) is 19.2 Å². The summed E-state index contributed by atoms with van der Waals surface area (Å²) in [6, 6.07) is 5.57. The lowest BCUT2D eigenvalue weighted by Gasteiger charge is -2.29. The maximum atomic E-state index is 12.9. The second kappa shape index (κ2) is 10.9. The van der Waals surface area contributed by atoms with Gasteiger partial charge in [-0.1, -0.05) is 0 Å². The van der Waals surface area contributed by atoms with Crippen LogP contribution in [0.3, 0.4) is 0 Å². The van der Waals surface area contributed by atoms with E-state index < -0.39 is 0 Å². The van der Waals surface area contributed by atoms with Gasteiger partial charge < -0.3 is 31.0 Å². The molecule has 3 aliphatic rings. The van der Waals surface area contributed by atoms with Gasteiger partial charge in [-0.15, -0.1) is 0 Å². The number of hydrogen-bond donors (Lipinski definition) is 4. The predicted molar refractivity (Wildman–Crippen MR) is 146 cm³/mol. The van der Waals surface area contributed by atoms with Crippen molar-refractivity contribution in [3.8, 4) is 5.75 Å². The largest absolute Gasteiger partial charge is 0.495 e. The standard InChI is InChI=1S/C28H37N7O2/c1-30-23(14-17-4-5-17)25-21(29)8-6-19-16-31-28(34-26(19)25)33-22-9-7-18(15-24(22)37-3)27(36)32-20-10-12-35(2)13-11-20/h7,9,15-17,20,29-30H,4-6,8,10-14H2,1-3H3,(H,32,36)(H,31,33,34)/b25-23+,29-21?. The third-order valence-corrected chi connectivity index (χ3v) is 7.60. The van der Waals surface area contributed by atoms with Crippen LogP contribution in [0.4, 0.5) is 11.6 Å². The SMILES string of the molecule is CN/C(CC1CC1)=C1\C(=N)CCc2cnc(Nc3ccc(C(=O)NC4CCN(C)CC4)cc3OC)nc21. The first-order valence-electron chi connectivity index (χ1n) is 13.2. The van der Waals surface area contributed by atoms with Crippen LogP contribution in [0, 0.1) is 11.3 Å². The zero-order valence-electron chi connectivity index (χ0n) is 22.0. The Balaban J connectivity index is 1.36. The number of fused-ring (bicyclic) bond motifs is 1. The van der Waals surface area contributed by atoms with E-state index in [0.717, 1.165) is 61.3 Å². The highest BCUT2D eigenvalue weighted by molar-refractivity contribution is 6.24. The van der Waals surface area contributed by atoms with Crippen molar-refractivity contribution in [2.75, 3.05) is 39.6 Å². The molecule has 4 N–H and O–H groups in total. The molecule has 2 heterocycles. The van der Waals surface area contributed by atoms with Crippen molar-refractivity contribution in [3.63, 3.8) is 0 Å². The van der Waals surface area contributed by atoms with Gasteiger partial charge in [-0.2, -0.15) is 0 Å². The molecular weight excluding hydrogens is 466 g/mol. The average molecular weight is 504 g/mol. The van der Waals surface area contributed by atoms with Gasteiger partial charge in [0.25, 0.3) is 5.91 Å². The molecule has 5 rings (SSSR count). The highest BCUT2D eigenvalue weighted by Gasteiger charge is 2.29. The lowest BCUT2D eigenvalue weighted by molar-refractivity contribution is 0.0916. The summed E-state index contributed by atoms with van der Waals surface area (Å²) in [6.45, 7) is 1.98. The summed E-state index contributed by atoms with van der Waals surface area (Å²) >= 11 is 0. The molecule has 1 aromatic heterocycles. The fourth-order valence-electron chi connectivity index (χ4n) is 5.14. The summed E-state index contributed by atoms with van der Waals surface area (Å²) in [4.78, 5) is 24.6. The van der Waals surface area contributed by atoms with Gasteiger partial charge in [0.1, 0.15) is 5.75 Å². The molecule has 0 unspecified atom stereocenters. The Morgan fingerprint density at radius 3 is 2.68 bits per heavy atom. The zero-order valence-corrected chi connectivity index (χ0v) is 22.0. The highest BCUT2D eigenvalue weighted by atomic mass is 16.5. The normalized spacial score (nSPS) is 19.7. The van der Waals surface area contributed by atoms with Gasteiger partial charge in [0.15, 0.2) is 0 Å². The molecule has 0 spiro atoms. The van der Waals surface area contributed by atoms with E-state index in [-0.39, 0.29) is 11.9 Å². The number of rotatable bonds is 8. The van der Waals surface area contributed by atoms with Gasteiger partial charge in [-0.3, -0.25) is 4.79 Å². The number of anilines is 2. The summed E-state index contributed by atoms with van der Waals surface area (Å²) in [5, 5.41) is 18.4. The first-order valence-corrected chi connectivity index (χ1v) is 13.2. The maximum Gasteiger partial charge on any atom is 0.251 e. The maximum absolute atomic E-state index is 12.9. The monoisotopic (exact) mass is 503 g/mol. The number of allylic oxidation sites excluding steroid dienone is 2. The zero-order chi connectivity index (χ0) is 25.9. The molecule has 37 heavy (non-hydrogen) atoms. The number of benzene rings is 1. The summed E-state index contributed by atoms with van der Waals surface area (Å²) < 4.78 is 5.61. The molecule has 196 valence electrons. The number of methoxy groups -OCH3 is 1. The molecule has 1 amide bonds. The Hall–Kier alpha value is -3.46. The lowest BCUT2D eigenvalue weighted by atomic mass is 9.88. The minimum atomic E-state index is -0.0898. The Morgan fingerprint density at radius 1 is 1.19 bits per heavy atom. The predicted octanol–water partition coefficient (Wildman–Crippen LogP) is 3.75. The van der Waals surface area contributed by atoms with Crippen molar-refractivity contribution in [2.45, 2.75) is 51.0 Å². The molecule has 0 radical (unpaired) electrons. The van der Waals surface area contributed by atoms with Crippen LogP contribution in [0.2, 0.25) is 0 Å². The first-order chi connectivity index (χ1) is 17.9. The third-order valence-electron chi connectivity index (χ3n) is 7.60. The number of nitrogens with zero attached hydrogens (tertiary/aromatic N) is 3. The van der Waals surface area contributed by atoms with E-state index in [1.807, 2.05) is 19.3 Å². The molecule has 1 aromatic carbocycles. The number of carbonyl (C=O) groups excluding carboxylic acids is 1. The topological polar surface area (TPSA) is 115 Å². The van der Waals surface area contributed by atoms with Crippen LogP contribution in [-0.4, -0.2) is 66.8 Å². The van der Waals surface area contributed by atoms with E-state index in [2.05, 4.69) is 32.9 Å². The second-order valence-electron chi connectivity index (χ2n) is 10.4. The average Bonchev–Trinajstić information content (AvgIpc) is 3.73. The molecular formula is C28H37N7O2. The summed E-state index contributed by atoms with van der Waals surface area (Å²) in [5.74, 6) is 1.60. The van der Waals surface area contributed by atoms with Crippen molar-refractivity contribution >= 4 is 28.8 Å². The number of hydrogen-bond acceptors (Lipinski definition) is 8. The van der Waals surface area contributed by atoms with E-state index in [0.29, 0.717) is 41.0 Å². The molecule has 9 heteroatoms. The van der Waals surface area contributed by atoms with E-state index in [4.69, 9.17) is 15.1 Å². The molecule has 2 aliphatic carbocycles. The van der Waals surface area contributed by atoms with Crippen LogP contribution < -0.4 is 20.7 Å². The van der Waals surface area contributed by atoms with Gasteiger partial charge >= 0.3 is 0 Å². The van der Waals surface area contributed by atoms with Gasteiger partial charge in [0, 0.05) is 41.8 Å². The molecule has 2 aromatic rings. The van der Waals surface area contributed by atoms with Crippen LogP contribution in [0.15, 0.2) is 30.1 Å². The molecule has 0 atom stereocenters. The van der Waals surface area contributed by atoms with Gasteiger partial charge in [0.05, 0.1) is 18.5 Å². The molecule has 1 saturated carbocycles. The number of aryl methyl sites for hydroxylation is 1.